The second-order valence-electron chi connectivity index (χ2n) is 9.12. The molecule has 0 radical (unpaired) electrons. The van der Waals surface area contributed by atoms with Gasteiger partial charge in [0, 0.05) is 19.1 Å². The number of sulfonamides is 1. The lowest BCUT2D eigenvalue weighted by Crippen LogP contribution is -2.57. The normalized spacial score (nSPS) is 20.4. The number of aldehydes is 1. The third kappa shape index (κ3) is 8.91. The third-order valence-electron chi connectivity index (χ3n) is 6.62. The van der Waals surface area contributed by atoms with Crippen molar-refractivity contribution in [3.8, 4) is 0 Å². The molecular formula is C22H41ClN6O5S. The number of halogens is 1. The number of amides is 2. The van der Waals surface area contributed by atoms with Crippen LogP contribution >= 0.6 is 12.4 Å². The second kappa shape index (κ2) is 14.6. The standard InChI is InChI=1S/C22H40N6O5S.ClH/c1-3-34(32,33)26-16(2)20(30)27-14-8-12-19(27)21(31)28(17-9-5-4-6-10-17)18(15-29)11-7-13-25-22(23)24;/h15-19,26H,3-14H2,1-2H3,(H4,23,24,25);1H/t16-,18-,19-;/m0./s1. The van der Waals surface area contributed by atoms with Gasteiger partial charge >= 0.3 is 0 Å². The molecular weight excluding hydrogens is 496 g/mol. The van der Waals surface area contributed by atoms with E-state index in [0.29, 0.717) is 38.8 Å². The molecule has 0 spiro atoms. The first-order valence-electron chi connectivity index (χ1n) is 12.2. The van der Waals surface area contributed by atoms with Crippen molar-refractivity contribution in [2.45, 2.75) is 95.8 Å². The maximum Gasteiger partial charge on any atom is 0.246 e. The fourth-order valence-corrected chi connectivity index (χ4v) is 5.67. The van der Waals surface area contributed by atoms with Gasteiger partial charge in [-0.25, -0.2) is 13.1 Å². The zero-order chi connectivity index (χ0) is 25.3. The van der Waals surface area contributed by atoms with Crippen molar-refractivity contribution in [3.63, 3.8) is 0 Å². The number of rotatable bonds is 12. The molecule has 1 aliphatic carbocycles. The number of guanidine groups is 1. The lowest BCUT2D eigenvalue weighted by atomic mass is 9.91. The van der Waals surface area contributed by atoms with Crippen LogP contribution in [-0.4, -0.2) is 85.3 Å². The minimum atomic E-state index is -3.57. The molecule has 0 aromatic heterocycles. The first-order valence-corrected chi connectivity index (χ1v) is 13.9. The summed E-state index contributed by atoms with van der Waals surface area (Å²) in [6.07, 6.45) is 7.60. The predicted molar refractivity (Wildman–Crippen MR) is 138 cm³/mol. The molecule has 2 fully saturated rings. The highest BCUT2D eigenvalue weighted by Crippen LogP contribution is 2.29. The topological polar surface area (TPSA) is 168 Å². The van der Waals surface area contributed by atoms with Crippen LogP contribution < -0.4 is 16.2 Å². The highest BCUT2D eigenvalue weighted by molar-refractivity contribution is 7.89. The molecule has 5 N–H and O–H groups in total. The predicted octanol–water partition coefficient (Wildman–Crippen LogP) is 0.509. The largest absolute Gasteiger partial charge is 0.370 e. The fourth-order valence-electron chi connectivity index (χ4n) is 4.87. The Bertz CT molecular complexity index is 845. The molecule has 11 nitrogen and oxygen atoms in total. The summed E-state index contributed by atoms with van der Waals surface area (Å²) < 4.78 is 26.2. The molecule has 2 amide bonds. The van der Waals surface area contributed by atoms with Crippen LogP contribution in [0, 0.1) is 0 Å². The van der Waals surface area contributed by atoms with Crippen molar-refractivity contribution < 1.29 is 22.8 Å². The molecule has 0 aromatic carbocycles. The van der Waals surface area contributed by atoms with Crippen LogP contribution in [0.3, 0.4) is 0 Å². The van der Waals surface area contributed by atoms with Crippen molar-refractivity contribution >= 4 is 46.5 Å². The zero-order valence-corrected chi connectivity index (χ0v) is 22.4. The first kappa shape index (κ1) is 31.1. The number of aliphatic imine (C=N–C) groups is 1. The molecule has 0 bridgehead atoms. The number of nitrogens with zero attached hydrogens (tertiary/aromatic N) is 3. The molecule has 1 saturated carbocycles. The van der Waals surface area contributed by atoms with E-state index in [0.717, 1.165) is 38.4 Å². The molecule has 2 rings (SSSR count). The summed E-state index contributed by atoms with van der Waals surface area (Å²) in [4.78, 5) is 46.2. The second-order valence-corrected chi connectivity index (χ2v) is 11.2. The van der Waals surface area contributed by atoms with E-state index in [9.17, 15) is 22.8 Å². The number of carbonyl (C=O) groups excluding carboxylic acids is 3. The van der Waals surface area contributed by atoms with Crippen LogP contribution in [0.15, 0.2) is 4.99 Å². The van der Waals surface area contributed by atoms with Gasteiger partial charge in [-0.3, -0.25) is 14.6 Å². The number of nitrogens with one attached hydrogen (secondary N) is 1. The van der Waals surface area contributed by atoms with Gasteiger partial charge in [-0.05, 0) is 52.4 Å². The van der Waals surface area contributed by atoms with Gasteiger partial charge in [-0.2, -0.15) is 0 Å². The molecule has 0 unspecified atom stereocenters. The number of carbonyl (C=O) groups is 3. The molecule has 1 saturated heterocycles. The summed E-state index contributed by atoms with van der Waals surface area (Å²) in [5.74, 6) is -0.812. The van der Waals surface area contributed by atoms with Crippen molar-refractivity contribution in [2.75, 3.05) is 18.8 Å². The molecule has 35 heavy (non-hydrogen) atoms. The Morgan fingerprint density at radius 1 is 1.17 bits per heavy atom. The van der Waals surface area contributed by atoms with Gasteiger partial charge in [-0.1, -0.05) is 19.3 Å². The van der Waals surface area contributed by atoms with E-state index in [2.05, 4.69) is 9.71 Å². The smallest absolute Gasteiger partial charge is 0.246 e. The summed E-state index contributed by atoms with van der Waals surface area (Å²) in [5, 5.41) is 0. The van der Waals surface area contributed by atoms with Gasteiger partial charge in [0.2, 0.25) is 21.8 Å². The fraction of sp³-hybridized carbons (Fsp3) is 0.818. The molecule has 1 aliphatic heterocycles. The number of hydrogen-bond acceptors (Lipinski definition) is 6. The average Bonchev–Trinajstić information content (AvgIpc) is 3.30. The van der Waals surface area contributed by atoms with Crippen LogP contribution in [-0.2, 0) is 24.4 Å². The molecule has 1 heterocycles. The van der Waals surface area contributed by atoms with E-state index in [4.69, 9.17) is 11.5 Å². The highest BCUT2D eigenvalue weighted by atomic mass is 35.5. The SMILES string of the molecule is CCS(=O)(=O)N[C@@H](C)C(=O)N1CCC[C@H]1C(=O)N(C1CCCCC1)[C@H](C=O)CCCN=C(N)N.Cl. The van der Waals surface area contributed by atoms with Crippen molar-refractivity contribution in [1.82, 2.24) is 14.5 Å². The summed E-state index contributed by atoms with van der Waals surface area (Å²) in [5.41, 5.74) is 10.8. The van der Waals surface area contributed by atoms with E-state index >= 15 is 0 Å². The average molecular weight is 537 g/mol. The number of hydrogen-bond donors (Lipinski definition) is 3. The zero-order valence-electron chi connectivity index (χ0n) is 20.7. The van der Waals surface area contributed by atoms with Crippen LogP contribution in [0.25, 0.3) is 0 Å². The molecule has 2 aliphatic rings. The van der Waals surface area contributed by atoms with Gasteiger partial charge in [-0.15, -0.1) is 12.4 Å². The van der Waals surface area contributed by atoms with Crippen molar-refractivity contribution in [1.29, 1.82) is 0 Å². The van der Waals surface area contributed by atoms with Crippen molar-refractivity contribution in [3.05, 3.63) is 0 Å². The van der Waals surface area contributed by atoms with Crippen LogP contribution in [0.4, 0.5) is 0 Å². The maximum atomic E-state index is 13.8. The van der Waals surface area contributed by atoms with Crippen molar-refractivity contribution in [2.24, 2.45) is 16.5 Å². The van der Waals surface area contributed by atoms with Gasteiger partial charge in [0.05, 0.1) is 17.8 Å². The highest BCUT2D eigenvalue weighted by Gasteiger charge is 2.42. The number of likely N-dealkylation sites (tertiary alicyclic amines) is 1. The maximum absolute atomic E-state index is 13.8. The Morgan fingerprint density at radius 2 is 1.83 bits per heavy atom. The molecule has 202 valence electrons. The quantitative estimate of drug-likeness (QED) is 0.141. The summed E-state index contributed by atoms with van der Waals surface area (Å²) in [6, 6.07) is -2.36. The van der Waals surface area contributed by atoms with Crippen LogP contribution in [0.2, 0.25) is 0 Å². The lowest BCUT2D eigenvalue weighted by molar-refractivity contribution is -0.149. The van der Waals surface area contributed by atoms with Gasteiger partial charge in [0.15, 0.2) is 5.96 Å². The van der Waals surface area contributed by atoms with Gasteiger partial charge in [0.25, 0.3) is 0 Å². The molecule has 3 atom stereocenters. The third-order valence-corrected chi connectivity index (χ3v) is 8.09. The van der Waals surface area contributed by atoms with Crippen LogP contribution in [0.5, 0.6) is 0 Å². The molecule has 13 heteroatoms. The van der Waals surface area contributed by atoms with Gasteiger partial charge in [0.1, 0.15) is 12.3 Å². The van der Waals surface area contributed by atoms with E-state index < -0.39 is 34.1 Å². The lowest BCUT2D eigenvalue weighted by Gasteiger charge is -2.41. The first-order chi connectivity index (χ1) is 16.1. The monoisotopic (exact) mass is 536 g/mol. The van der Waals surface area contributed by atoms with E-state index in [-0.39, 0.29) is 36.1 Å². The van der Waals surface area contributed by atoms with E-state index in [1.54, 1.807) is 4.90 Å². The summed E-state index contributed by atoms with van der Waals surface area (Å²) >= 11 is 0. The minimum absolute atomic E-state index is 0. The Balaban J connectivity index is 0.00000612. The van der Waals surface area contributed by atoms with Crippen LogP contribution in [0.1, 0.15) is 71.6 Å². The Hall–Kier alpha value is -1.92. The van der Waals surface area contributed by atoms with Gasteiger partial charge < -0.3 is 26.1 Å². The summed E-state index contributed by atoms with van der Waals surface area (Å²) in [6.45, 7) is 3.73. The van der Waals surface area contributed by atoms with E-state index in [1.807, 2.05) is 0 Å². The minimum Gasteiger partial charge on any atom is -0.370 e. The van der Waals surface area contributed by atoms with E-state index in [1.165, 1.54) is 18.7 Å². The Morgan fingerprint density at radius 3 is 2.40 bits per heavy atom. The summed E-state index contributed by atoms with van der Waals surface area (Å²) in [7, 11) is -3.57. The Labute approximate surface area is 214 Å². The number of nitrogens with two attached hydrogens (primary N) is 2. The Kier molecular flexibility index (Phi) is 13.0. The molecule has 0 aromatic rings.